The minimum Gasteiger partial charge on any atom is -0.479 e. The van der Waals surface area contributed by atoms with Gasteiger partial charge < -0.3 is 19.3 Å². The van der Waals surface area contributed by atoms with Gasteiger partial charge in [0.25, 0.3) is 5.54 Å². The van der Waals surface area contributed by atoms with Crippen LogP contribution in [0.3, 0.4) is 0 Å². The summed E-state index contributed by atoms with van der Waals surface area (Å²) >= 11 is 0. The summed E-state index contributed by atoms with van der Waals surface area (Å²) in [7, 11) is 0. The summed E-state index contributed by atoms with van der Waals surface area (Å²) in [6, 6.07) is 15.8. The van der Waals surface area contributed by atoms with E-state index in [0.717, 1.165) is 0 Å². The number of rotatable bonds is 10. The number of hydrogen-bond acceptors (Lipinski definition) is 6. The van der Waals surface area contributed by atoms with Crippen LogP contribution in [0.1, 0.15) is 18.1 Å². The van der Waals surface area contributed by atoms with E-state index in [4.69, 9.17) is 9.47 Å². The van der Waals surface area contributed by atoms with Crippen molar-refractivity contribution in [2.24, 2.45) is 0 Å². The van der Waals surface area contributed by atoms with Crippen molar-refractivity contribution in [2.45, 2.75) is 38.0 Å². The van der Waals surface area contributed by atoms with Crippen LogP contribution in [-0.2, 0) is 37.0 Å². The molecule has 0 unspecified atom stereocenters. The zero-order valence-corrected chi connectivity index (χ0v) is 17.5. The third kappa shape index (κ3) is 6.45. The molecule has 0 radical (unpaired) electrons. The van der Waals surface area contributed by atoms with Crippen LogP contribution in [0, 0.1) is 0 Å². The first-order valence-corrected chi connectivity index (χ1v) is 9.73. The van der Waals surface area contributed by atoms with E-state index in [1.807, 2.05) is 0 Å². The first kappa shape index (κ1) is 25.7. The highest BCUT2D eigenvalue weighted by molar-refractivity contribution is 5.94. The Balaban J connectivity index is 2.38. The lowest BCUT2D eigenvalue weighted by molar-refractivity contribution is -0.241. The summed E-state index contributed by atoms with van der Waals surface area (Å²) in [5.74, 6) is -4.19. The number of ether oxygens (including phenoxy) is 3. The molecule has 0 aliphatic rings. The number of nitrogens with one attached hydrogen (secondary N) is 1. The standard InChI is InChI=1S/C22H22F3NO7/c1-2-31-19(29)21(22(23,24)25,26-20(30)33-14-16-11-7-4-8-12-16)17(18(27)28)32-13-15-9-5-3-6-10-15/h3-12,17H,2,13-14H2,1H3,(H,26,30)(H,27,28)/t17-,21-/m1/s1. The lowest BCUT2D eigenvalue weighted by atomic mass is 9.90. The average Bonchev–Trinajstić information content (AvgIpc) is 2.77. The largest absolute Gasteiger partial charge is 0.479 e. The molecular formula is C22H22F3NO7. The second-order valence-corrected chi connectivity index (χ2v) is 6.73. The number of esters is 1. The highest BCUT2D eigenvalue weighted by Crippen LogP contribution is 2.37. The summed E-state index contributed by atoms with van der Waals surface area (Å²) in [6.45, 7) is -0.294. The predicted octanol–water partition coefficient (Wildman–Crippen LogP) is 3.45. The van der Waals surface area contributed by atoms with Gasteiger partial charge in [-0.15, -0.1) is 0 Å². The summed E-state index contributed by atoms with van der Waals surface area (Å²) in [6.07, 6.45) is -10.2. The van der Waals surface area contributed by atoms with Crippen LogP contribution in [0.5, 0.6) is 0 Å². The molecular weight excluding hydrogens is 447 g/mol. The van der Waals surface area contributed by atoms with Crippen molar-refractivity contribution in [3.8, 4) is 0 Å². The maximum absolute atomic E-state index is 14.3. The predicted molar refractivity (Wildman–Crippen MR) is 108 cm³/mol. The second kappa shape index (κ2) is 11.3. The van der Waals surface area contributed by atoms with Crippen molar-refractivity contribution in [1.29, 1.82) is 0 Å². The Hall–Kier alpha value is -3.60. The van der Waals surface area contributed by atoms with Crippen molar-refractivity contribution in [3.05, 3.63) is 71.8 Å². The molecule has 0 aromatic heterocycles. The zero-order valence-electron chi connectivity index (χ0n) is 17.5. The zero-order chi connectivity index (χ0) is 24.5. The van der Waals surface area contributed by atoms with Crippen molar-refractivity contribution in [3.63, 3.8) is 0 Å². The molecule has 2 rings (SSSR count). The molecule has 0 aliphatic carbocycles. The lowest BCUT2D eigenvalue weighted by Crippen LogP contribution is -2.73. The Kier molecular flexibility index (Phi) is 8.80. The molecule has 0 aliphatic heterocycles. The molecule has 2 aromatic carbocycles. The third-order valence-corrected chi connectivity index (χ3v) is 4.43. The van der Waals surface area contributed by atoms with Gasteiger partial charge in [-0.05, 0) is 18.1 Å². The molecule has 0 fully saturated rings. The summed E-state index contributed by atoms with van der Waals surface area (Å²) in [5, 5.41) is 10.9. The van der Waals surface area contributed by atoms with Crippen LogP contribution in [-0.4, -0.2) is 47.6 Å². The summed E-state index contributed by atoms with van der Waals surface area (Å²) in [4.78, 5) is 36.7. The van der Waals surface area contributed by atoms with Crippen LogP contribution in [0.2, 0.25) is 0 Å². The van der Waals surface area contributed by atoms with Crippen LogP contribution >= 0.6 is 0 Å². The van der Waals surface area contributed by atoms with Crippen molar-refractivity contribution in [1.82, 2.24) is 5.32 Å². The fraction of sp³-hybridized carbons (Fsp3) is 0.318. The van der Waals surface area contributed by atoms with E-state index in [-0.39, 0.29) is 0 Å². The number of benzene rings is 2. The molecule has 0 bridgehead atoms. The van der Waals surface area contributed by atoms with Crippen LogP contribution < -0.4 is 5.32 Å². The number of halogens is 3. The minimum atomic E-state index is -5.62. The number of carboxylic acids is 1. The summed E-state index contributed by atoms with van der Waals surface area (Å²) in [5.41, 5.74) is -3.27. The quantitative estimate of drug-likeness (QED) is 0.513. The molecule has 178 valence electrons. The molecule has 0 spiro atoms. The molecule has 0 saturated heterocycles. The van der Waals surface area contributed by atoms with Crippen molar-refractivity contribution < 1.29 is 46.9 Å². The number of hydrogen-bond donors (Lipinski definition) is 2. The van der Waals surface area contributed by atoms with Crippen LogP contribution in [0.15, 0.2) is 60.7 Å². The van der Waals surface area contributed by atoms with E-state index in [9.17, 15) is 32.7 Å². The number of amides is 1. The van der Waals surface area contributed by atoms with E-state index in [1.165, 1.54) is 24.4 Å². The van der Waals surface area contributed by atoms with Crippen LogP contribution in [0.4, 0.5) is 18.0 Å². The van der Waals surface area contributed by atoms with Gasteiger partial charge in [-0.1, -0.05) is 60.7 Å². The first-order valence-electron chi connectivity index (χ1n) is 9.73. The fourth-order valence-corrected chi connectivity index (χ4v) is 2.86. The van der Waals surface area contributed by atoms with Gasteiger partial charge >= 0.3 is 24.2 Å². The van der Waals surface area contributed by atoms with Crippen molar-refractivity contribution >= 4 is 18.0 Å². The normalized spacial score (nSPS) is 13.9. The van der Waals surface area contributed by atoms with Gasteiger partial charge in [0.15, 0.2) is 6.10 Å². The number of aliphatic carboxylic acids is 1. The van der Waals surface area contributed by atoms with E-state index in [2.05, 4.69) is 4.74 Å². The molecule has 33 heavy (non-hydrogen) atoms. The van der Waals surface area contributed by atoms with E-state index < -0.39 is 55.7 Å². The molecule has 11 heteroatoms. The molecule has 2 aromatic rings. The Morgan fingerprint density at radius 1 is 0.909 bits per heavy atom. The maximum atomic E-state index is 14.3. The Morgan fingerprint density at radius 3 is 1.88 bits per heavy atom. The SMILES string of the molecule is CCOC(=O)[C@](NC(=O)OCc1ccccc1)([C@H](OCc1ccccc1)C(=O)O)C(F)(F)F. The molecule has 0 heterocycles. The Labute approximate surface area is 187 Å². The molecule has 0 saturated carbocycles. The number of alkyl carbamates (subject to hydrolysis) is 1. The van der Waals surface area contributed by atoms with E-state index >= 15 is 0 Å². The van der Waals surface area contributed by atoms with Gasteiger partial charge in [0.1, 0.15) is 6.61 Å². The van der Waals surface area contributed by atoms with Gasteiger partial charge in [0.05, 0.1) is 13.2 Å². The number of alkyl halides is 3. The number of carbonyl (C=O) groups is 3. The molecule has 8 nitrogen and oxygen atoms in total. The second-order valence-electron chi connectivity index (χ2n) is 6.73. The minimum absolute atomic E-state index is 0.343. The molecule has 1 amide bonds. The van der Waals surface area contributed by atoms with Gasteiger partial charge in [0.2, 0.25) is 0 Å². The first-order chi connectivity index (χ1) is 15.6. The monoisotopic (exact) mass is 469 g/mol. The highest BCUT2D eigenvalue weighted by atomic mass is 19.4. The Bertz CT molecular complexity index is 938. The number of carbonyl (C=O) groups excluding carboxylic acids is 2. The van der Waals surface area contributed by atoms with E-state index in [1.54, 1.807) is 48.5 Å². The fourth-order valence-electron chi connectivity index (χ4n) is 2.86. The third-order valence-electron chi connectivity index (χ3n) is 4.43. The van der Waals surface area contributed by atoms with Crippen molar-refractivity contribution in [2.75, 3.05) is 6.61 Å². The summed E-state index contributed by atoms with van der Waals surface area (Å²) < 4.78 is 57.2. The van der Waals surface area contributed by atoms with Gasteiger partial charge in [-0.25, -0.2) is 14.4 Å². The number of carboxylic acid groups (broad SMARTS) is 1. The van der Waals surface area contributed by atoms with Crippen LogP contribution in [0.25, 0.3) is 0 Å². The lowest BCUT2D eigenvalue weighted by Gasteiger charge is -2.37. The average molecular weight is 469 g/mol. The topological polar surface area (TPSA) is 111 Å². The Morgan fingerprint density at radius 2 is 1.42 bits per heavy atom. The van der Waals surface area contributed by atoms with Gasteiger partial charge in [-0.3, -0.25) is 5.32 Å². The smallest absolute Gasteiger partial charge is 0.425 e. The highest BCUT2D eigenvalue weighted by Gasteiger charge is 2.70. The molecule has 2 atom stereocenters. The van der Waals surface area contributed by atoms with Gasteiger partial charge in [0, 0.05) is 0 Å². The van der Waals surface area contributed by atoms with Gasteiger partial charge in [-0.2, -0.15) is 13.2 Å². The molecule has 2 N–H and O–H groups in total. The maximum Gasteiger partial charge on any atom is 0.425 e. The van der Waals surface area contributed by atoms with E-state index in [0.29, 0.717) is 11.1 Å².